The number of hydrogen-bond acceptors (Lipinski definition) is 1. The van der Waals surface area contributed by atoms with E-state index in [1.807, 2.05) is 23.5 Å². The number of halogens is 1. The summed E-state index contributed by atoms with van der Waals surface area (Å²) in [5, 5.41) is 3.35. The van der Waals surface area contributed by atoms with Crippen molar-refractivity contribution in [1.82, 2.24) is 0 Å². The van der Waals surface area contributed by atoms with Gasteiger partial charge in [0.25, 0.3) is 0 Å². The topological polar surface area (TPSA) is 0 Å². The molecule has 2 heteroatoms. The average molecular weight is 447 g/mol. The zero-order chi connectivity index (χ0) is 21.5. The lowest BCUT2D eigenvalue weighted by Crippen LogP contribution is -1.83. The van der Waals surface area contributed by atoms with Crippen molar-refractivity contribution in [1.29, 1.82) is 0 Å². The Hall–Kier alpha value is -3.39. The molecule has 0 saturated heterocycles. The molecule has 0 bridgehead atoms. The van der Waals surface area contributed by atoms with Gasteiger partial charge in [0.15, 0.2) is 0 Å². The highest BCUT2D eigenvalue weighted by molar-refractivity contribution is 7.26. The van der Waals surface area contributed by atoms with Crippen LogP contribution in [0.5, 0.6) is 0 Å². The zero-order valence-corrected chi connectivity index (χ0v) is 18.8. The van der Waals surface area contributed by atoms with Crippen LogP contribution < -0.4 is 0 Å². The normalized spacial score (nSPS) is 11.3. The minimum absolute atomic E-state index is 0.754. The maximum absolute atomic E-state index is 6.59. The molecule has 5 aromatic carbocycles. The second kappa shape index (κ2) is 7.94. The summed E-state index contributed by atoms with van der Waals surface area (Å²) in [6.07, 6.45) is 0. The lowest BCUT2D eigenvalue weighted by atomic mass is 9.97. The van der Waals surface area contributed by atoms with Gasteiger partial charge in [-0.05, 0) is 51.6 Å². The first kappa shape index (κ1) is 19.3. The zero-order valence-electron chi connectivity index (χ0n) is 17.3. The molecule has 0 spiro atoms. The summed E-state index contributed by atoms with van der Waals surface area (Å²) in [6, 6.07) is 40.6. The van der Waals surface area contributed by atoms with Gasteiger partial charge in [-0.2, -0.15) is 0 Å². The molecule has 0 amide bonds. The molecule has 0 unspecified atom stereocenters. The van der Waals surface area contributed by atoms with Gasteiger partial charge in [-0.15, -0.1) is 11.3 Å². The molecule has 0 N–H and O–H groups in total. The molecule has 0 aliphatic carbocycles. The first-order valence-electron chi connectivity index (χ1n) is 10.6. The predicted octanol–water partition coefficient (Wildman–Crippen LogP) is 9.71. The standard InChI is InChI=1S/C30H19ClS/c31-24-18-22(20-9-3-1-4-10-20)17-23(19-24)26-14-8-16-28-27-15-7-13-25(29(27)32-30(26)28)21-11-5-2-6-12-21/h1-19H. The number of thiophene rings is 1. The second-order valence-corrected chi connectivity index (χ2v) is 9.38. The Morgan fingerprint density at radius 2 is 0.969 bits per heavy atom. The summed E-state index contributed by atoms with van der Waals surface area (Å²) in [6.45, 7) is 0. The van der Waals surface area contributed by atoms with Crippen LogP contribution in [0.25, 0.3) is 53.6 Å². The van der Waals surface area contributed by atoms with Crippen molar-refractivity contribution in [3.8, 4) is 33.4 Å². The molecule has 0 aliphatic heterocycles. The highest BCUT2D eigenvalue weighted by Crippen LogP contribution is 2.44. The Labute approximate surface area is 196 Å². The second-order valence-electron chi connectivity index (χ2n) is 7.93. The Morgan fingerprint density at radius 1 is 0.438 bits per heavy atom. The molecule has 1 heterocycles. The van der Waals surface area contributed by atoms with E-state index in [1.54, 1.807) is 0 Å². The molecule has 0 fully saturated rings. The molecule has 0 atom stereocenters. The van der Waals surface area contributed by atoms with E-state index in [0.717, 1.165) is 16.1 Å². The maximum atomic E-state index is 6.59. The van der Waals surface area contributed by atoms with Gasteiger partial charge in [-0.3, -0.25) is 0 Å². The quantitative estimate of drug-likeness (QED) is 0.253. The molecule has 6 aromatic rings. The SMILES string of the molecule is Clc1cc(-c2ccccc2)cc(-c2cccc3c2sc2c(-c4ccccc4)cccc23)c1. The van der Waals surface area contributed by atoms with Crippen LogP contribution in [-0.4, -0.2) is 0 Å². The average Bonchev–Trinajstić information content (AvgIpc) is 3.24. The summed E-state index contributed by atoms with van der Waals surface area (Å²) in [5.41, 5.74) is 7.21. The lowest BCUT2D eigenvalue weighted by Gasteiger charge is -2.09. The molecule has 0 radical (unpaired) electrons. The van der Waals surface area contributed by atoms with Crippen molar-refractivity contribution in [2.45, 2.75) is 0 Å². The van der Waals surface area contributed by atoms with Crippen molar-refractivity contribution in [2.24, 2.45) is 0 Å². The Balaban J connectivity index is 1.60. The van der Waals surface area contributed by atoms with Crippen LogP contribution in [0.3, 0.4) is 0 Å². The third-order valence-corrected chi connectivity index (χ3v) is 7.43. The van der Waals surface area contributed by atoms with E-state index in [2.05, 4.69) is 103 Å². The molecule has 32 heavy (non-hydrogen) atoms. The first-order chi connectivity index (χ1) is 15.8. The van der Waals surface area contributed by atoms with Crippen molar-refractivity contribution in [2.75, 3.05) is 0 Å². The minimum atomic E-state index is 0.754. The Kier molecular flexibility index (Phi) is 4.79. The number of benzene rings is 5. The van der Waals surface area contributed by atoms with Gasteiger partial charge < -0.3 is 0 Å². The summed E-state index contributed by atoms with van der Waals surface area (Å²) >= 11 is 8.46. The number of hydrogen-bond donors (Lipinski definition) is 0. The van der Waals surface area contributed by atoms with E-state index in [0.29, 0.717) is 0 Å². The molecule has 0 aliphatic rings. The van der Waals surface area contributed by atoms with Gasteiger partial charge in [0, 0.05) is 25.2 Å². The summed E-state index contributed by atoms with van der Waals surface area (Å²) in [4.78, 5) is 0. The van der Waals surface area contributed by atoms with Gasteiger partial charge in [0.05, 0.1) is 0 Å². The van der Waals surface area contributed by atoms with Gasteiger partial charge in [0.2, 0.25) is 0 Å². The van der Waals surface area contributed by atoms with Crippen LogP contribution in [0.4, 0.5) is 0 Å². The van der Waals surface area contributed by atoms with Crippen LogP contribution in [0.15, 0.2) is 115 Å². The molecule has 0 nitrogen and oxygen atoms in total. The summed E-state index contributed by atoms with van der Waals surface area (Å²) in [5.74, 6) is 0. The monoisotopic (exact) mass is 446 g/mol. The van der Waals surface area contributed by atoms with Crippen LogP contribution in [0.1, 0.15) is 0 Å². The van der Waals surface area contributed by atoms with Crippen molar-refractivity contribution in [3.05, 3.63) is 120 Å². The molecular formula is C30H19ClS. The van der Waals surface area contributed by atoms with E-state index < -0.39 is 0 Å². The van der Waals surface area contributed by atoms with E-state index in [4.69, 9.17) is 11.6 Å². The van der Waals surface area contributed by atoms with E-state index in [9.17, 15) is 0 Å². The highest BCUT2D eigenvalue weighted by atomic mass is 35.5. The molecular weight excluding hydrogens is 428 g/mol. The number of rotatable bonds is 3. The molecule has 0 saturated carbocycles. The third-order valence-electron chi connectivity index (χ3n) is 5.93. The Morgan fingerprint density at radius 3 is 1.59 bits per heavy atom. The Bertz CT molecular complexity index is 1560. The van der Waals surface area contributed by atoms with Crippen LogP contribution in [0, 0.1) is 0 Å². The highest BCUT2D eigenvalue weighted by Gasteiger charge is 2.14. The molecule has 1 aromatic heterocycles. The van der Waals surface area contributed by atoms with Crippen molar-refractivity contribution in [3.63, 3.8) is 0 Å². The summed E-state index contributed by atoms with van der Waals surface area (Å²) < 4.78 is 2.62. The minimum Gasteiger partial charge on any atom is -0.134 e. The first-order valence-corrected chi connectivity index (χ1v) is 11.8. The maximum Gasteiger partial charge on any atom is 0.0434 e. The largest absolute Gasteiger partial charge is 0.134 e. The summed E-state index contributed by atoms with van der Waals surface area (Å²) in [7, 11) is 0. The predicted molar refractivity (Wildman–Crippen MR) is 141 cm³/mol. The van der Waals surface area contributed by atoms with E-state index >= 15 is 0 Å². The van der Waals surface area contributed by atoms with Crippen molar-refractivity contribution >= 4 is 43.1 Å². The van der Waals surface area contributed by atoms with E-state index in [-0.39, 0.29) is 0 Å². The van der Waals surface area contributed by atoms with Crippen molar-refractivity contribution < 1.29 is 0 Å². The van der Waals surface area contributed by atoms with Crippen LogP contribution >= 0.6 is 22.9 Å². The molecule has 6 rings (SSSR count). The number of fused-ring (bicyclic) bond motifs is 3. The van der Waals surface area contributed by atoms with Crippen LogP contribution in [-0.2, 0) is 0 Å². The fourth-order valence-corrected chi connectivity index (χ4v) is 6.04. The van der Waals surface area contributed by atoms with Crippen LogP contribution in [0.2, 0.25) is 5.02 Å². The molecule has 152 valence electrons. The van der Waals surface area contributed by atoms with Gasteiger partial charge in [0.1, 0.15) is 0 Å². The fourth-order valence-electron chi connectivity index (χ4n) is 4.43. The van der Waals surface area contributed by atoms with Gasteiger partial charge >= 0.3 is 0 Å². The van der Waals surface area contributed by atoms with Gasteiger partial charge in [-0.25, -0.2) is 0 Å². The lowest BCUT2D eigenvalue weighted by molar-refractivity contribution is 1.61. The van der Waals surface area contributed by atoms with E-state index in [1.165, 1.54) is 42.4 Å². The van der Waals surface area contributed by atoms with Gasteiger partial charge in [-0.1, -0.05) is 109 Å². The third kappa shape index (κ3) is 3.31. The smallest absolute Gasteiger partial charge is 0.0434 e. The fraction of sp³-hybridized carbons (Fsp3) is 0.